The lowest BCUT2D eigenvalue weighted by Gasteiger charge is -2.18. The zero-order valence-corrected chi connectivity index (χ0v) is 8.29. The summed E-state index contributed by atoms with van der Waals surface area (Å²) < 4.78 is 0. The molecule has 13 heavy (non-hydrogen) atoms. The number of hydrogen-bond acceptors (Lipinski definition) is 2. The van der Waals surface area contributed by atoms with Crippen molar-refractivity contribution in [2.45, 2.75) is 24.8 Å². The van der Waals surface area contributed by atoms with Crippen molar-refractivity contribution in [3.63, 3.8) is 0 Å². The van der Waals surface area contributed by atoms with Crippen molar-refractivity contribution < 1.29 is 9.90 Å². The maximum Gasteiger partial charge on any atom is 0.176 e. The molecule has 0 unspecified atom stereocenters. The predicted molar refractivity (Wildman–Crippen MR) is 52.5 cm³/mol. The molecule has 0 aromatic heterocycles. The third-order valence-electron chi connectivity index (χ3n) is 1.94. The zero-order valence-electron chi connectivity index (χ0n) is 7.53. The Hall–Kier alpha value is -0.600. The molecule has 0 saturated carbocycles. The molecule has 2 nitrogen and oxygen atoms in total. The summed E-state index contributed by atoms with van der Waals surface area (Å²) in [7, 11) is 0. The van der Waals surface area contributed by atoms with Crippen LogP contribution in [0.2, 0.25) is 0 Å². The summed E-state index contributed by atoms with van der Waals surface area (Å²) >= 11 is 5.59. The van der Waals surface area contributed by atoms with Gasteiger partial charge in [0.15, 0.2) is 5.06 Å². The first kappa shape index (κ1) is 10.5. The Kier molecular flexibility index (Phi) is 3.28. The van der Waals surface area contributed by atoms with E-state index in [0.29, 0.717) is 6.42 Å². The lowest BCUT2D eigenvalue weighted by Crippen LogP contribution is -2.20. The van der Waals surface area contributed by atoms with Gasteiger partial charge in [0.2, 0.25) is 0 Å². The van der Waals surface area contributed by atoms with Gasteiger partial charge in [0.05, 0.1) is 5.92 Å². The van der Waals surface area contributed by atoms with Crippen molar-refractivity contribution in [2.75, 3.05) is 0 Å². The van der Waals surface area contributed by atoms with E-state index in [2.05, 4.69) is 0 Å². The van der Waals surface area contributed by atoms with Gasteiger partial charge in [-0.2, -0.15) is 0 Å². The summed E-state index contributed by atoms with van der Waals surface area (Å²) in [6, 6.07) is 0. The smallest absolute Gasteiger partial charge is 0.176 e. The minimum Gasteiger partial charge on any atom is -0.368 e. The number of carbonyl (C=O) groups excluding carboxylic acids is 1. The minimum absolute atomic E-state index is 0.169. The Morgan fingerprint density at radius 2 is 2.08 bits per heavy atom. The van der Waals surface area contributed by atoms with Crippen molar-refractivity contribution in [1.82, 2.24) is 0 Å². The van der Waals surface area contributed by atoms with Crippen LogP contribution < -0.4 is 0 Å². The number of ketones is 1. The minimum atomic E-state index is -1.40. The Bertz CT molecular complexity index is 238. The fraction of sp³-hybridized carbons (Fsp3) is 0.500. The Balaban J connectivity index is 2.59. The van der Waals surface area contributed by atoms with Crippen molar-refractivity contribution >= 4 is 17.4 Å². The molecule has 1 aliphatic rings. The Labute approximate surface area is 82.9 Å². The van der Waals surface area contributed by atoms with Crippen LogP contribution in [0.25, 0.3) is 0 Å². The number of allylic oxidation sites excluding steroid dienone is 2. The Morgan fingerprint density at radius 3 is 2.54 bits per heavy atom. The molecule has 72 valence electrons. The van der Waals surface area contributed by atoms with Crippen molar-refractivity contribution in [3.8, 4) is 0 Å². The van der Waals surface area contributed by atoms with Crippen molar-refractivity contribution in [2.24, 2.45) is 5.92 Å². The molecule has 0 spiro atoms. The standard InChI is InChI=1S/C10H13ClO2/c1-2-3-9(12)8-4-6-10(11,13)7-5-8/h4-8,13H,2-3H2,1H3. The van der Waals surface area contributed by atoms with Gasteiger partial charge < -0.3 is 5.11 Å². The van der Waals surface area contributed by atoms with E-state index in [1.165, 1.54) is 12.2 Å². The third kappa shape index (κ3) is 2.98. The monoisotopic (exact) mass is 200 g/mol. The van der Waals surface area contributed by atoms with Gasteiger partial charge in [-0.05, 0) is 18.6 Å². The molecule has 1 rings (SSSR count). The maximum absolute atomic E-state index is 11.4. The van der Waals surface area contributed by atoms with Crippen molar-refractivity contribution in [3.05, 3.63) is 24.3 Å². The number of carbonyl (C=O) groups is 1. The van der Waals surface area contributed by atoms with E-state index in [-0.39, 0.29) is 11.7 Å². The van der Waals surface area contributed by atoms with Crippen LogP contribution in [0.3, 0.4) is 0 Å². The third-order valence-corrected chi connectivity index (χ3v) is 2.19. The molecule has 0 bridgehead atoms. The second-order valence-electron chi connectivity index (χ2n) is 3.19. The Morgan fingerprint density at radius 1 is 1.54 bits per heavy atom. The van der Waals surface area contributed by atoms with E-state index in [1.807, 2.05) is 6.92 Å². The average Bonchev–Trinajstić information content (AvgIpc) is 2.04. The van der Waals surface area contributed by atoms with Gasteiger partial charge in [0, 0.05) is 6.42 Å². The van der Waals surface area contributed by atoms with Crippen LogP contribution in [0.5, 0.6) is 0 Å². The molecule has 0 aromatic rings. The second kappa shape index (κ2) is 4.07. The van der Waals surface area contributed by atoms with Crippen LogP contribution in [-0.4, -0.2) is 16.0 Å². The van der Waals surface area contributed by atoms with Gasteiger partial charge in [-0.25, -0.2) is 0 Å². The van der Waals surface area contributed by atoms with Crippen LogP contribution in [-0.2, 0) is 4.79 Å². The molecular formula is C10H13ClO2. The molecule has 0 atom stereocenters. The van der Waals surface area contributed by atoms with Crippen molar-refractivity contribution in [1.29, 1.82) is 0 Å². The number of hydrogen-bond donors (Lipinski definition) is 1. The molecule has 0 radical (unpaired) electrons. The largest absolute Gasteiger partial charge is 0.368 e. The summed E-state index contributed by atoms with van der Waals surface area (Å²) in [5.74, 6) is -0.0406. The molecule has 0 aromatic carbocycles. The summed E-state index contributed by atoms with van der Waals surface area (Å²) in [5, 5.41) is 7.88. The first-order valence-electron chi connectivity index (χ1n) is 4.38. The number of rotatable bonds is 3. The molecule has 0 saturated heterocycles. The highest BCUT2D eigenvalue weighted by atomic mass is 35.5. The van der Waals surface area contributed by atoms with Crippen LogP contribution in [0.1, 0.15) is 19.8 Å². The van der Waals surface area contributed by atoms with E-state index >= 15 is 0 Å². The van der Waals surface area contributed by atoms with E-state index in [9.17, 15) is 9.90 Å². The van der Waals surface area contributed by atoms with Gasteiger partial charge >= 0.3 is 0 Å². The lowest BCUT2D eigenvalue weighted by atomic mass is 9.95. The van der Waals surface area contributed by atoms with Gasteiger partial charge in [-0.15, -0.1) is 0 Å². The molecule has 0 amide bonds. The van der Waals surface area contributed by atoms with E-state index in [4.69, 9.17) is 11.6 Å². The fourth-order valence-corrected chi connectivity index (χ4v) is 1.37. The number of halogens is 1. The van der Waals surface area contributed by atoms with Crippen LogP contribution in [0.15, 0.2) is 24.3 Å². The predicted octanol–water partition coefficient (Wildman–Crippen LogP) is 2.03. The second-order valence-corrected chi connectivity index (χ2v) is 3.79. The highest BCUT2D eigenvalue weighted by Crippen LogP contribution is 2.23. The van der Waals surface area contributed by atoms with E-state index < -0.39 is 5.06 Å². The van der Waals surface area contributed by atoms with Gasteiger partial charge in [-0.1, -0.05) is 30.7 Å². The molecule has 1 aliphatic carbocycles. The highest BCUT2D eigenvalue weighted by molar-refractivity contribution is 6.25. The van der Waals surface area contributed by atoms with Crippen LogP contribution in [0.4, 0.5) is 0 Å². The molecule has 0 fully saturated rings. The maximum atomic E-state index is 11.4. The summed E-state index contributed by atoms with van der Waals surface area (Å²) in [6.07, 6.45) is 7.58. The fourth-order valence-electron chi connectivity index (χ4n) is 1.22. The highest BCUT2D eigenvalue weighted by Gasteiger charge is 2.22. The number of Topliss-reactive ketones (excluding diaryl/α,β-unsaturated/α-hetero) is 1. The van der Waals surface area contributed by atoms with Gasteiger partial charge in [-0.3, -0.25) is 4.79 Å². The molecule has 1 N–H and O–H groups in total. The van der Waals surface area contributed by atoms with Crippen LogP contribution in [0, 0.1) is 5.92 Å². The number of aliphatic hydroxyl groups is 1. The summed E-state index contributed by atoms with van der Waals surface area (Å²) in [5.41, 5.74) is 0. The molecule has 0 heterocycles. The molecule has 0 aliphatic heterocycles. The topological polar surface area (TPSA) is 37.3 Å². The molecule has 3 heteroatoms. The SMILES string of the molecule is CCCC(=O)C1C=CC(O)(Cl)C=C1. The van der Waals surface area contributed by atoms with Gasteiger partial charge in [0.1, 0.15) is 5.78 Å². The first-order chi connectivity index (χ1) is 6.05. The van der Waals surface area contributed by atoms with E-state index in [1.54, 1.807) is 12.2 Å². The lowest BCUT2D eigenvalue weighted by molar-refractivity contribution is -0.120. The summed E-state index contributed by atoms with van der Waals surface area (Å²) in [4.78, 5) is 11.4. The average molecular weight is 201 g/mol. The first-order valence-corrected chi connectivity index (χ1v) is 4.75. The van der Waals surface area contributed by atoms with Crippen LogP contribution >= 0.6 is 11.6 Å². The quantitative estimate of drug-likeness (QED) is 0.559. The van der Waals surface area contributed by atoms with Gasteiger partial charge in [0.25, 0.3) is 0 Å². The molecular weight excluding hydrogens is 188 g/mol. The normalized spacial score (nSPS) is 32.1. The zero-order chi connectivity index (χ0) is 9.90. The number of alkyl halides is 1. The summed E-state index contributed by atoms with van der Waals surface area (Å²) in [6.45, 7) is 1.96. The van der Waals surface area contributed by atoms with E-state index in [0.717, 1.165) is 6.42 Å².